The number of thiol groups is 2. The molecule has 0 saturated heterocycles. The van der Waals surface area contributed by atoms with Crippen LogP contribution in [0.3, 0.4) is 0 Å². The van der Waals surface area contributed by atoms with Crippen molar-refractivity contribution in [1.29, 1.82) is 0 Å². The first-order chi connectivity index (χ1) is 4.63. The van der Waals surface area contributed by atoms with Gasteiger partial charge in [-0.15, -0.1) is 25.3 Å². The van der Waals surface area contributed by atoms with Crippen LogP contribution in [0.2, 0.25) is 0 Å². The second kappa shape index (κ2) is 9.09. The number of thiocarbonyl (C=S) groups is 2. The largest absolute Gasteiger partial charge is 0.369 e. The summed E-state index contributed by atoms with van der Waals surface area (Å²) >= 11 is 17.0. The third-order valence-electron chi connectivity index (χ3n) is 0.677. The van der Waals surface area contributed by atoms with Crippen LogP contribution >= 0.6 is 49.7 Å². The van der Waals surface area contributed by atoms with Gasteiger partial charge < -0.3 is 10.6 Å². The average molecular weight is 276 g/mol. The van der Waals surface area contributed by atoms with Crippen molar-refractivity contribution in [2.24, 2.45) is 0 Å². The minimum Gasteiger partial charge on any atom is -0.369 e. The summed E-state index contributed by atoms with van der Waals surface area (Å²) < 4.78 is 0.985. The fourth-order valence-electron chi connectivity index (χ4n) is 0.339. The van der Waals surface area contributed by atoms with E-state index in [1.54, 1.807) is 0 Å². The first-order valence-electron chi connectivity index (χ1n) is 2.56. The number of hydrogen-bond acceptors (Lipinski definition) is 2. The molecule has 0 aromatic heterocycles. The van der Waals surface area contributed by atoms with Gasteiger partial charge in [0.05, 0.1) is 0 Å². The molecule has 0 rings (SSSR count). The maximum absolute atomic E-state index is 4.65. The summed E-state index contributed by atoms with van der Waals surface area (Å²) in [5, 5.41) is 5.68. The van der Waals surface area contributed by atoms with Gasteiger partial charge in [-0.1, -0.05) is 24.4 Å². The fraction of sp³-hybridized carbons (Fsp3) is 0.500. The van der Waals surface area contributed by atoms with Crippen molar-refractivity contribution in [2.75, 3.05) is 13.1 Å². The molecule has 0 amide bonds. The van der Waals surface area contributed by atoms with E-state index in [-0.39, 0.29) is 17.1 Å². The Morgan fingerprint density at radius 3 is 1.45 bits per heavy atom. The average Bonchev–Trinajstić information content (AvgIpc) is 1.79. The van der Waals surface area contributed by atoms with Gasteiger partial charge in [0.15, 0.2) is 0 Å². The van der Waals surface area contributed by atoms with Gasteiger partial charge in [-0.25, -0.2) is 0 Å². The monoisotopic (exact) mass is 275 g/mol. The molecule has 0 heterocycles. The van der Waals surface area contributed by atoms with E-state index in [1.165, 1.54) is 0 Å². The van der Waals surface area contributed by atoms with Gasteiger partial charge in [0.2, 0.25) is 0 Å². The van der Waals surface area contributed by atoms with Crippen molar-refractivity contribution in [3.05, 3.63) is 0 Å². The Balaban J connectivity index is 0. The topological polar surface area (TPSA) is 24.1 Å². The molecule has 1 radical (unpaired) electrons. The van der Waals surface area contributed by atoms with Crippen LogP contribution in [0.25, 0.3) is 0 Å². The van der Waals surface area contributed by atoms with Gasteiger partial charge in [-0.05, 0) is 0 Å². The molecule has 2 N–H and O–H groups in total. The molecule has 0 aliphatic carbocycles. The van der Waals surface area contributed by atoms with Gasteiger partial charge in [-0.2, -0.15) is 0 Å². The molecule has 7 heteroatoms. The van der Waals surface area contributed by atoms with E-state index in [4.69, 9.17) is 0 Å². The summed E-state index contributed by atoms with van der Waals surface area (Å²) in [5.41, 5.74) is 0. The molecule has 0 aromatic carbocycles. The molecule has 0 fully saturated rings. The first-order valence-corrected chi connectivity index (χ1v) is 4.27. The van der Waals surface area contributed by atoms with Crippen molar-refractivity contribution in [3.63, 3.8) is 0 Å². The second-order valence-electron chi connectivity index (χ2n) is 1.46. The van der Waals surface area contributed by atoms with Gasteiger partial charge in [0.25, 0.3) is 0 Å². The zero-order chi connectivity index (χ0) is 7.98. The molecule has 0 unspecified atom stereocenters. The number of hydrogen-bond donors (Lipinski definition) is 4. The summed E-state index contributed by atoms with van der Waals surface area (Å²) in [7, 11) is 0. The normalized spacial score (nSPS) is 7.82. The predicted molar refractivity (Wildman–Crippen MR) is 59.2 cm³/mol. The minimum atomic E-state index is 0. The quantitative estimate of drug-likeness (QED) is 0.262. The molecule has 0 aliphatic heterocycles. The Kier molecular flexibility index (Phi) is 12.0. The Hall–Kier alpha value is 0.999. The third kappa shape index (κ3) is 13.9. The molecule has 11 heavy (non-hydrogen) atoms. The minimum absolute atomic E-state index is 0. The van der Waals surface area contributed by atoms with E-state index >= 15 is 0 Å². The van der Waals surface area contributed by atoms with Crippen molar-refractivity contribution in [3.8, 4) is 0 Å². The van der Waals surface area contributed by atoms with E-state index in [0.29, 0.717) is 21.7 Å². The van der Waals surface area contributed by atoms with Crippen LogP contribution < -0.4 is 10.6 Å². The summed E-state index contributed by atoms with van der Waals surface area (Å²) in [6, 6.07) is 0. The van der Waals surface area contributed by atoms with Gasteiger partial charge >= 0.3 is 0 Å². The van der Waals surface area contributed by atoms with Crippen molar-refractivity contribution in [1.82, 2.24) is 10.6 Å². The molecule has 2 nitrogen and oxygen atoms in total. The van der Waals surface area contributed by atoms with Crippen LogP contribution in [0.5, 0.6) is 0 Å². The molecule has 0 spiro atoms. The summed E-state index contributed by atoms with van der Waals surface area (Å²) in [6.07, 6.45) is 0. The van der Waals surface area contributed by atoms with Gasteiger partial charge in [-0.3, -0.25) is 0 Å². The SMILES string of the molecule is S=C(S)NCCNC(=S)S.[Cu]. The molecule has 0 bridgehead atoms. The number of rotatable bonds is 3. The van der Waals surface area contributed by atoms with Crippen molar-refractivity contribution in [2.45, 2.75) is 0 Å². The zero-order valence-corrected chi connectivity index (χ0v) is 9.79. The summed E-state index contributed by atoms with van der Waals surface area (Å²) in [4.78, 5) is 0. The Morgan fingerprint density at radius 1 is 1.00 bits per heavy atom. The predicted octanol–water partition coefficient (Wildman–Crippen LogP) is 0.592. The van der Waals surface area contributed by atoms with E-state index in [1.807, 2.05) is 0 Å². The van der Waals surface area contributed by atoms with E-state index in [9.17, 15) is 0 Å². The van der Waals surface area contributed by atoms with Crippen LogP contribution in [-0.4, -0.2) is 21.7 Å². The van der Waals surface area contributed by atoms with E-state index in [2.05, 4.69) is 60.3 Å². The van der Waals surface area contributed by atoms with E-state index in [0.717, 1.165) is 0 Å². The maximum Gasteiger partial charge on any atom is 0.130 e. The zero-order valence-electron chi connectivity index (χ0n) is 5.43. The van der Waals surface area contributed by atoms with Crippen LogP contribution in [0, 0.1) is 0 Å². The summed E-state index contributed by atoms with van der Waals surface area (Å²) in [5.74, 6) is 0. The van der Waals surface area contributed by atoms with Crippen molar-refractivity contribution >= 4 is 58.3 Å². The van der Waals surface area contributed by atoms with Crippen LogP contribution in [0.1, 0.15) is 0 Å². The van der Waals surface area contributed by atoms with Gasteiger partial charge in [0, 0.05) is 30.2 Å². The molecule has 0 aromatic rings. The Morgan fingerprint density at radius 2 is 1.27 bits per heavy atom. The van der Waals surface area contributed by atoms with Crippen LogP contribution in [-0.2, 0) is 17.1 Å². The smallest absolute Gasteiger partial charge is 0.130 e. The van der Waals surface area contributed by atoms with E-state index < -0.39 is 0 Å². The fourth-order valence-corrected chi connectivity index (χ4v) is 0.767. The van der Waals surface area contributed by atoms with Crippen molar-refractivity contribution < 1.29 is 17.1 Å². The Bertz CT molecular complexity index is 124. The molecule has 0 aliphatic rings. The van der Waals surface area contributed by atoms with Crippen LogP contribution in [0.4, 0.5) is 0 Å². The first kappa shape index (κ1) is 14.5. The van der Waals surface area contributed by atoms with Gasteiger partial charge in [0.1, 0.15) is 8.64 Å². The molecule has 0 saturated carbocycles. The standard InChI is InChI=1S/C4H8N2S4.Cu/c7-3(8)5-1-2-6-4(9)10;/h1-2H2,(H2,5,7,8)(H2,6,9,10);. The Labute approximate surface area is 98.6 Å². The number of nitrogens with one attached hydrogen (secondary N) is 2. The molecular weight excluding hydrogens is 268 g/mol. The third-order valence-corrected chi connectivity index (χ3v) is 1.28. The molecule has 69 valence electrons. The molecular formula is C4H8CuN2S4. The van der Waals surface area contributed by atoms with Crippen LogP contribution in [0.15, 0.2) is 0 Å². The summed E-state index contributed by atoms with van der Waals surface area (Å²) in [6.45, 7) is 1.42. The molecule has 0 atom stereocenters. The maximum atomic E-state index is 4.65. The second-order valence-corrected chi connectivity index (χ2v) is 3.78.